The molecule has 1 N–H and O–H groups in total. The Morgan fingerprint density at radius 2 is 1.71 bits per heavy atom. The molecule has 0 atom stereocenters. The maximum absolute atomic E-state index is 9.99. The molecule has 1 saturated carbocycles. The Kier molecular flexibility index (Phi) is 2.60. The average Bonchev–Trinajstić information content (AvgIpc) is 2.17. The van der Waals surface area contributed by atoms with E-state index in [-0.39, 0.29) is 5.60 Å². The zero-order valence-electron chi connectivity index (χ0n) is 8.79. The molecule has 1 aromatic carbocycles. The predicted octanol–water partition coefficient (Wildman–Crippen LogP) is 2.71. The number of rotatable bonds is 3. The maximum atomic E-state index is 9.99. The van der Waals surface area contributed by atoms with Crippen LogP contribution in [0.15, 0.2) is 24.3 Å². The van der Waals surface area contributed by atoms with E-state index in [0.717, 1.165) is 25.7 Å². The maximum Gasteiger partial charge on any atom is 0.0688 e. The van der Waals surface area contributed by atoms with Gasteiger partial charge in [0, 0.05) is 6.42 Å². The summed E-state index contributed by atoms with van der Waals surface area (Å²) in [5, 5.41) is 9.99. The van der Waals surface area contributed by atoms with Crippen LogP contribution in [0.25, 0.3) is 0 Å². The summed E-state index contributed by atoms with van der Waals surface area (Å²) in [6.45, 7) is 2.16. The van der Waals surface area contributed by atoms with Gasteiger partial charge in [-0.1, -0.05) is 31.2 Å². The Balaban J connectivity index is 2.02. The van der Waals surface area contributed by atoms with Gasteiger partial charge in [-0.25, -0.2) is 0 Å². The van der Waals surface area contributed by atoms with Crippen LogP contribution in [0, 0.1) is 0 Å². The van der Waals surface area contributed by atoms with Crippen molar-refractivity contribution in [2.24, 2.45) is 0 Å². The Bertz CT molecular complexity index is 296. The van der Waals surface area contributed by atoms with E-state index in [4.69, 9.17) is 0 Å². The molecule has 1 aliphatic rings. The van der Waals surface area contributed by atoms with E-state index in [2.05, 4.69) is 31.2 Å². The third-order valence-electron chi connectivity index (χ3n) is 3.25. The van der Waals surface area contributed by atoms with Gasteiger partial charge in [0.2, 0.25) is 0 Å². The van der Waals surface area contributed by atoms with Gasteiger partial charge in [-0.05, 0) is 36.8 Å². The summed E-state index contributed by atoms with van der Waals surface area (Å²) in [5.74, 6) is 0. The molecule has 1 fully saturated rings. The number of benzene rings is 1. The normalized spacial score (nSPS) is 19.0. The molecular formula is C13H18O. The van der Waals surface area contributed by atoms with Crippen molar-refractivity contribution in [3.63, 3.8) is 0 Å². The quantitative estimate of drug-likeness (QED) is 0.777. The molecular weight excluding hydrogens is 172 g/mol. The third kappa shape index (κ3) is 1.98. The molecule has 0 amide bonds. The van der Waals surface area contributed by atoms with Crippen LogP contribution in [0.2, 0.25) is 0 Å². The fourth-order valence-electron chi connectivity index (χ4n) is 2.03. The molecule has 14 heavy (non-hydrogen) atoms. The van der Waals surface area contributed by atoms with Crippen molar-refractivity contribution < 1.29 is 5.11 Å². The van der Waals surface area contributed by atoms with Gasteiger partial charge < -0.3 is 5.11 Å². The Morgan fingerprint density at radius 1 is 1.14 bits per heavy atom. The van der Waals surface area contributed by atoms with Crippen LogP contribution in [-0.4, -0.2) is 10.7 Å². The first-order chi connectivity index (χ1) is 6.72. The molecule has 0 saturated heterocycles. The number of aryl methyl sites for hydroxylation is 1. The van der Waals surface area contributed by atoms with E-state index in [9.17, 15) is 5.11 Å². The molecule has 0 aromatic heterocycles. The molecule has 0 spiro atoms. The highest BCUT2D eigenvalue weighted by atomic mass is 16.3. The fourth-order valence-corrected chi connectivity index (χ4v) is 2.03. The molecule has 0 unspecified atom stereocenters. The summed E-state index contributed by atoms with van der Waals surface area (Å²) in [6, 6.07) is 8.62. The van der Waals surface area contributed by atoms with Gasteiger partial charge in [0.05, 0.1) is 5.60 Å². The van der Waals surface area contributed by atoms with Crippen LogP contribution in [0.3, 0.4) is 0 Å². The SMILES string of the molecule is CCc1ccc(CC2(O)CCC2)cc1. The van der Waals surface area contributed by atoms with E-state index in [1.165, 1.54) is 17.5 Å². The summed E-state index contributed by atoms with van der Waals surface area (Å²) in [7, 11) is 0. The second-order valence-electron chi connectivity index (χ2n) is 4.42. The van der Waals surface area contributed by atoms with Gasteiger partial charge in [-0.2, -0.15) is 0 Å². The summed E-state index contributed by atoms with van der Waals surface area (Å²) < 4.78 is 0. The molecule has 0 heterocycles. The number of hydrogen-bond donors (Lipinski definition) is 1. The first-order valence-corrected chi connectivity index (χ1v) is 5.52. The lowest BCUT2D eigenvalue weighted by Gasteiger charge is -2.36. The zero-order chi connectivity index (χ0) is 10.0. The first-order valence-electron chi connectivity index (χ1n) is 5.52. The lowest BCUT2D eigenvalue weighted by Crippen LogP contribution is -2.38. The largest absolute Gasteiger partial charge is 0.390 e. The van der Waals surface area contributed by atoms with Gasteiger partial charge in [0.15, 0.2) is 0 Å². The highest BCUT2D eigenvalue weighted by Gasteiger charge is 2.34. The molecule has 0 radical (unpaired) electrons. The molecule has 0 aliphatic heterocycles. The first kappa shape index (κ1) is 9.72. The predicted molar refractivity (Wildman–Crippen MR) is 58.3 cm³/mol. The molecule has 2 rings (SSSR count). The van der Waals surface area contributed by atoms with Crippen molar-refractivity contribution in [3.05, 3.63) is 35.4 Å². The van der Waals surface area contributed by atoms with Crippen molar-refractivity contribution in [3.8, 4) is 0 Å². The average molecular weight is 190 g/mol. The van der Waals surface area contributed by atoms with Gasteiger partial charge in [0.25, 0.3) is 0 Å². The molecule has 1 aromatic rings. The van der Waals surface area contributed by atoms with Crippen molar-refractivity contribution >= 4 is 0 Å². The number of aliphatic hydroxyl groups is 1. The van der Waals surface area contributed by atoms with Crippen molar-refractivity contribution in [1.82, 2.24) is 0 Å². The van der Waals surface area contributed by atoms with Gasteiger partial charge in [-0.3, -0.25) is 0 Å². The topological polar surface area (TPSA) is 20.2 Å². The van der Waals surface area contributed by atoms with Crippen LogP contribution >= 0.6 is 0 Å². The van der Waals surface area contributed by atoms with Gasteiger partial charge >= 0.3 is 0 Å². The second kappa shape index (κ2) is 3.74. The molecule has 1 heteroatoms. The van der Waals surface area contributed by atoms with Crippen LogP contribution in [-0.2, 0) is 12.8 Å². The highest BCUT2D eigenvalue weighted by molar-refractivity contribution is 5.24. The van der Waals surface area contributed by atoms with Crippen LogP contribution in [0.5, 0.6) is 0 Å². The number of hydrogen-bond acceptors (Lipinski definition) is 1. The minimum atomic E-state index is -0.381. The van der Waals surface area contributed by atoms with E-state index >= 15 is 0 Å². The van der Waals surface area contributed by atoms with Gasteiger partial charge in [-0.15, -0.1) is 0 Å². The Labute approximate surface area is 85.8 Å². The fraction of sp³-hybridized carbons (Fsp3) is 0.538. The molecule has 1 nitrogen and oxygen atoms in total. The second-order valence-corrected chi connectivity index (χ2v) is 4.42. The van der Waals surface area contributed by atoms with Crippen LogP contribution in [0.1, 0.15) is 37.3 Å². The molecule has 1 aliphatic carbocycles. The van der Waals surface area contributed by atoms with Crippen LogP contribution in [0.4, 0.5) is 0 Å². The van der Waals surface area contributed by atoms with E-state index in [1.54, 1.807) is 0 Å². The summed E-state index contributed by atoms with van der Waals surface area (Å²) >= 11 is 0. The lowest BCUT2D eigenvalue weighted by atomic mass is 9.76. The summed E-state index contributed by atoms with van der Waals surface area (Å²) in [4.78, 5) is 0. The van der Waals surface area contributed by atoms with Gasteiger partial charge in [0.1, 0.15) is 0 Å². The monoisotopic (exact) mass is 190 g/mol. The smallest absolute Gasteiger partial charge is 0.0688 e. The molecule has 76 valence electrons. The zero-order valence-corrected chi connectivity index (χ0v) is 8.79. The summed E-state index contributed by atoms with van der Waals surface area (Å²) in [6.07, 6.45) is 5.05. The van der Waals surface area contributed by atoms with Crippen molar-refractivity contribution in [2.45, 2.75) is 44.6 Å². The van der Waals surface area contributed by atoms with E-state index < -0.39 is 0 Å². The summed E-state index contributed by atoms with van der Waals surface area (Å²) in [5.41, 5.74) is 2.26. The van der Waals surface area contributed by atoms with E-state index in [0.29, 0.717) is 0 Å². The van der Waals surface area contributed by atoms with Crippen LogP contribution < -0.4 is 0 Å². The van der Waals surface area contributed by atoms with Crippen molar-refractivity contribution in [2.75, 3.05) is 0 Å². The molecule has 0 bridgehead atoms. The third-order valence-corrected chi connectivity index (χ3v) is 3.25. The van der Waals surface area contributed by atoms with E-state index in [1.807, 2.05) is 0 Å². The highest BCUT2D eigenvalue weighted by Crippen LogP contribution is 2.34. The Hall–Kier alpha value is -0.820. The van der Waals surface area contributed by atoms with Crippen molar-refractivity contribution in [1.29, 1.82) is 0 Å². The minimum Gasteiger partial charge on any atom is -0.390 e. The minimum absolute atomic E-state index is 0.381. The lowest BCUT2D eigenvalue weighted by molar-refractivity contribution is -0.0322. The standard InChI is InChI=1S/C13H18O/c1-2-11-4-6-12(7-5-11)10-13(14)8-3-9-13/h4-7,14H,2-3,8-10H2,1H3. The Morgan fingerprint density at radius 3 is 2.14 bits per heavy atom.